The summed E-state index contributed by atoms with van der Waals surface area (Å²) in [6, 6.07) is 16.6. The fraction of sp³-hybridized carbons (Fsp3) is 0.381. The smallest absolute Gasteiger partial charge is 0.211 e. The minimum Gasteiger partial charge on any atom is -0.497 e. The van der Waals surface area contributed by atoms with Crippen LogP contribution in [0.15, 0.2) is 54.6 Å². The number of nitro groups is 1. The van der Waals surface area contributed by atoms with Crippen molar-refractivity contribution in [2.24, 2.45) is 5.92 Å². The molecule has 0 aliphatic heterocycles. The molecule has 6 nitrogen and oxygen atoms in total. The van der Waals surface area contributed by atoms with Crippen LogP contribution in [-0.4, -0.2) is 30.5 Å². The van der Waals surface area contributed by atoms with Gasteiger partial charge in [0.25, 0.3) is 0 Å². The molecule has 2 aromatic rings. The first-order chi connectivity index (χ1) is 12.9. The maximum absolute atomic E-state index is 12.8. The van der Waals surface area contributed by atoms with Crippen molar-refractivity contribution in [2.75, 3.05) is 13.7 Å². The van der Waals surface area contributed by atoms with Crippen molar-refractivity contribution in [3.05, 3.63) is 75.8 Å². The van der Waals surface area contributed by atoms with Crippen LogP contribution in [0, 0.1) is 16.0 Å². The number of benzene rings is 2. The van der Waals surface area contributed by atoms with Crippen LogP contribution in [0.5, 0.6) is 5.75 Å². The van der Waals surface area contributed by atoms with Gasteiger partial charge in [0.1, 0.15) is 11.9 Å². The van der Waals surface area contributed by atoms with Gasteiger partial charge in [0.05, 0.1) is 19.6 Å². The summed E-state index contributed by atoms with van der Waals surface area (Å²) in [5, 5.41) is 11.2. The van der Waals surface area contributed by atoms with Crippen LogP contribution in [0.2, 0.25) is 0 Å². The molecule has 0 N–H and O–H groups in total. The fourth-order valence-electron chi connectivity index (χ4n) is 3.01. The Labute approximate surface area is 159 Å². The number of Topliss-reactive ketones (excluding diaryl/α,β-unsaturated/α-hetero) is 1. The highest BCUT2D eigenvalue weighted by Crippen LogP contribution is 2.28. The molecule has 0 aliphatic carbocycles. The van der Waals surface area contributed by atoms with E-state index in [2.05, 4.69) is 0 Å². The Morgan fingerprint density at radius 3 is 2.26 bits per heavy atom. The predicted molar refractivity (Wildman–Crippen MR) is 102 cm³/mol. The average Bonchev–Trinajstić information content (AvgIpc) is 2.70. The zero-order chi connectivity index (χ0) is 19.8. The van der Waals surface area contributed by atoms with Crippen molar-refractivity contribution < 1.29 is 19.2 Å². The first kappa shape index (κ1) is 20.6. The summed E-state index contributed by atoms with van der Waals surface area (Å²) in [5.74, 6) is -0.554. The monoisotopic (exact) mass is 371 g/mol. The summed E-state index contributed by atoms with van der Waals surface area (Å²) >= 11 is 0. The van der Waals surface area contributed by atoms with E-state index in [4.69, 9.17) is 9.47 Å². The van der Waals surface area contributed by atoms with Gasteiger partial charge in [-0.05, 0) is 30.2 Å². The second-order valence-corrected chi connectivity index (χ2v) is 6.52. The molecule has 2 aromatic carbocycles. The van der Waals surface area contributed by atoms with E-state index in [0.717, 1.165) is 11.1 Å². The Bertz CT molecular complexity index is 745. The molecule has 2 rings (SSSR count). The van der Waals surface area contributed by atoms with Gasteiger partial charge in [-0.25, -0.2) is 0 Å². The SMILES string of the molecule is COc1ccc([C@H](C[N+](=O)[O-])[C@H](C)C(=O)[C@H](C)OCc2ccccc2)cc1. The van der Waals surface area contributed by atoms with Crippen molar-refractivity contribution in [2.45, 2.75) is 32.5 Å². The molecule has 144 valence electrons. The topological polar surface area (TPSA) is 78.7 Å². The highest BCUT2D eigenvalue weighted by molar-refractivity contribution is 5.85. The van der Waals surface area contributed by atoms with Crippen LogP contribution in [0.1, 0.15) is 30.9 Å². The first-order valence-electron chi connectivity index (χ1n) is 8.87. The number of carbonyl (C=O) groups excluding carboxylic acids is 1. The molecule has 0 radical (unpaired) electrons. The molecule has 0 unspecified atom stereocenters. The number of hydrogen-bond acceptors (Lipinski definition) is 5. The standard InChI is InChI=1S/C21H25NO5/c1-15(21(23)16(2)27-14-17-7-5-4-6-8-17)20(13-22(24)25)18-9-11-19(26-3)12-10-18/h4-12,15-16,20H,13-14H2,1-3H3/t15-,16-,20+/m0/s1. The van der Waals surface area contributed by atoms with E-state index in [1.54, 1.807) is 45.2 Å². The van der Waals surface area contributed by atoms with Crippen molar-refractivity contribution in [3.63, 3.8) is 0 Å². The second kappa shape index (κ2) is 9.83. The van der Waals surface area contributed by atoms with Crippen molar-refractivity contribution in [3.8, 4) is 5.75 Å². The Kier molecular flexibility index (Phi) is 7.49. The number of rotatable bonds is 10. The van der Waals surface area contributed by atoms with E-state index in [1.165, 1.54) is 0 Å². The third-order valence-electron chi connectivity index (χ3n) is 4.69. The minimum atomic E-state index is -0.646. The first-order valence-corrected chi connectivity index (χ1v) is 8.87. The molecule has 0 amide bonds. The molecular formula is C21H25NO5. The number of hydrogen-bond donors (Lipinski definition) is 0. The molecule has 0 fully saturated rings. The minimum absolute atomic E-state index is 0.145. The number of nitrogens with zero attached hydrogens (tertiary/aromatic N) is 1. The Morgan fingerprint density at radius 1 is 1.07 bits per heavy atom. The molecule has 0 spiro atoms. The highest BCUT2D eigenvalue weighted by Gasteiger charge is 2.32. The van der Waals surface area contributed by atoms with Gasteiger partial charge in [-0.1, -0.05) is 49.4 Å². The zero-order valence-corrected chi connectivity index (χ0v) is 15.8. The summed E-state index contributed by atoms with van der Waals surface area (Å²) in [4.78, 5) is 23.6. The fourth-order valence-corrected chi connectivity index (χ4v) is 3.01. The molecule has 27 heavy (non-hydrogen) atoms. The maximum Gasteiger partial charge on any atom is 0.211 e. The zero-order valence-electron chi connectivity index (χ0n) is 15.8. The quantitative estimate of drug-likeness (QED) is 0.468. The number of methoxy groups -OCH3 is 1. The van der Waals surface area contributed by atoms with Gasteiger partial charge in [0.15, 0.2) is 5.78 Å². The van der Waals surface area contributed by atoms with Gasteiger partial charge in [0, 0.05) is 10.8 Å². The molecule has 3 atom stereocenters. The molecule has 0 saturated heterocycles. The molecule has 6 heteroatoms. The van der Waals surface area contributed by atoms with E-state index in [0.29, 0.717) is 12.4 Å². The average molecular weight is 371 g/mol. The summed E-state index contributed by atoms with van der Waals surface area (Å²) in [7, 11) is 1.56. The molecule has 0 aliphatic rings. The van der Waals surface area contributed by atoms with E-state index in [1.807, 2.05) is 30.3 Å². The van der Waals surface area contributed by atoms with E-state index >= 15 is 0 Å². The van der Waals surface area contributed by atoms with Crippen LogP contribution < -0.4 is 4.74 Å². The van der Waals surface area contributed by atoms with E-state index in [-0.39, 0.29) is 17.3 Å². The largest absolute Gasteiger partial charge is 0.497 e. The lowest BCUT2D eigenvalue weighted by molar-refractivity contribution is -0.484. The molecule has 0 bridgehead atoms. The third-order valence-corrected chi connectivity index (χ3v) is 4.69. The van der Waals surface area contributed by atoms with Crippen molar-refractivity contribution >= 4 is 5.78 Å². The van der Waals surface area contributed by atoms with Gasteiger partial charge in [-0.15, -0.1) is 0 Å². The number of carbonyl (C=O) groups is 1. The van der Waals surface area contributed by atoms with Crippen LogP contribution in [-0.2, 0) is 16.1 Å². The lowest BCUT2D eigenvalue weighted by atomic mass is 9.83. The molecule has 0 saturated carbocycles. The summed E-state index contributed by atoms with van der Waals surface area (Å²) in [6.07, 6.45) is -0.646. The van der Waals surface area contributed by atoms with Gasteiger partial charge >= 0.3 is 0 Å². The molecule has 0 heterocycles. The van der Waals surface area contributed by atoms with Crippen LogP contribution >= 0.6 is 0 Å². The van der Waals surface area contributed by atoms with Gasteiger partial charge in [-0.3, -0.25) is 14.9 Å². The summed E-state index contributed by atoms with van der Waals surface area (Å²) in [5.41, 5.74) is 1.71. The summed E-state index contributed by atoms with van der Waals surface area (Å²) < 4.78 is 10.8. The normalized spacial score (nSPS) is 14.2. The Balaban J connectivity index is 2.08. The molecular weight excluding hydrogens is 346 g/mol. The Hall–Kier alpha value is -2.73. The number of ether oxygens (including phenoxy) is 2. The third kappa shape index (κ3) is 5.89. The van der Waals surface area contributed by atoms with Crippen LogP contribution in [0.3, 0.4) is 0 Å². The summed E-state index contributed by atoms with van der Waals surface area (Å²) in [6.45, 7) is 3.43. The van der Waals surface area contributed by atoms with Crippen molar-refractivity contribution in [1.82, 2.24) is 0 Å². The predicted octanol–water partition coefficient (Wildman–Crippen LogP) is 3.87. The van der Waals surface area contributed by atoms with Gasteiger partial charge in [-0.2, -0.15) is 0 Å². The van der Waals surface area contributed by atoms with E-state index in [9.17, 15) is 14.9 Å². The lowest BCUT2D eigenvalue weighted by Gasteiger charge is -2.23. The number of ketones is 1. The van der Waals surface area contributed by atoms with Crippen LogP contribution in [0.25, 0.3) is 0 Å². The second-order valence-electron chi connectivity index (χ2n) is 6.52. The maximum atomic E-state index is 12.8. The lowest BCUT2D eigenvalue weighted by Crippen LogP contribution is -2.33. The highest BCUT2D eigenvalue weighted by atomic mass is 16.6. The van der Waals surface area contributed by atoms with E-state index < -0.39 is 17.9 Å². The molecule has 0 aromatic heterocycles. The van der Waals surface area contributed by atoms with Gasteiger partial charge in [0.2, 0.25) is 6.54 Å². The Morgan fingerprint density at radius 2 is 1.70 bits per heavy atom. The van der Waals surface area contributed by atoms with Crippen molar-refractivity contribution in [1.29, 1.82) is 0 Å². The van der Waals surface area contributed by atoms with Gasteiger partial charge < -0.3 is 9.47 Å². The van der Waals surface area contributed by atoms with Crippen LogP contribution in [0.4, 0.5) is 0 Å².